The van der Waals surface area contributed by atoms with Crippen LogP contribution in [0, 0.1) is 25.2 Å². The van der Waals surface area contributed by atoms with Crippen molar-refractivity contribution in [2.75, 3.05) is 5.32 Å². The Balaban J connectivity index is 1.94. The topological polar surface area (TPSA) is 78.9 Å². The van der Waals surface area contributed by atoms with Crippen LogP contribution in [0.15, 0.2) is 28.8 Å². The van der Waals surface area contributed by atoms with Crippen molar-refractivity contribution in [3.05, 3.63) is 46.8 Å². The Labute approximate surface area is 117 Å². The molecule has 20 heavy (non-hydrogen) atoms. The fraction of sp³-hybridized carbons (Fsp3) is 0.267. The molecular formula is C15H15N3O2. The van der Waals surface area contributed by atoms with Crippen molar-refractivity contribution in [2.45, 2.75) is 26.7 Å². The van der Waals surface area contributed by atoms with Crippen molar-refractivity contribution >= 4 is 11.6 Å². The Kier molecular flexibility index (Phi) is 4.16. The summed E-state index contributed by atoms with van der Waals surface area (Å²) < 4.78 is 5.06. The molecule has 102 valence electrons. The largest absolute Gasteiger partial charge is 0.361 e. The summed E-state index contributed by atoms with van der Waals surface area (Å²) in [4.78, 5) is 11.9. The number of carbonyl (C=O) groups is 1. The molecular weight excluding hydrogens is 254 g/mol. The number of nitrogens with zero attached hydrogens (tertiary/aromatic N) is 2. The van der Waals surface area contributed by atoms with Crippen LogP contribution in [0.4, 0.5) is 5.69 Å². The first-order valence-corrected chi connectivity index (χ1v) is 6.32. The molecule has 0 aliphatic heterocycles. The molecule has 0 atom stereocenters. The van der Waals surface area contributed by atoms with Gasteiger partial charge < -0.3 is 9.84 Å². The first-order valence-electron chi connectivity index (χ1n) is 6.32. The maximum atomic E-state index is 11.9. The normalized spacial score (nSPS) is 10.1. The molecule has 2 rings (SSSR count). The molecule has 0 unspecified atom stereocenters. The van der Waals surface area contributed by atoms with E-state index in [9.17, 15) is 4.79 Å². The quantitative estimate of drug-likeness (QED) is 0.925. The standard InChI is InChI=1S/C15H15N3O2/c1-10-14(11(2)20-18-10)6-7-15(19)17-13-5-3-4-12(8-13)9-16/h3-5,8H,6-7H2,1-2H3,(H,17,19). The van der Waals surface area contributed by atoms with E-state index >= 15 is 0 Å². The van der Waals surface area contributed by atoms with Gasteiger partial charge in [0.1, 0.15) is 5.76 Å². The summed E-state index contributed by atoms with van der Waals surface area (Å²) in [5.74, 6) is 0.655. The molecule has 0 bridgehead atoms. The number of hydrogen-bond acceptors (Lipinski definition) is 4. The Morgan fingerprint density at radius 2 is 2.25 bits per heavy atom. The number of anilines is 1. The highest BCUT2D eigenvalue weighted by Gasteiger charge is 2.11. The number of aromatic nitrogens is 1. The van der Waals surface area contributed by atoms with Crippen LogP contribution in [0.5, 0.6) is 0 Å². The maximum absolute atomic E-state index is 11.9. The third-order valence-electron chi connectivity index (χ3n) is 3.06. The molecule has 5 nitrogen and oxygen atoms in total. The molecule has 0 spiro atoms. The van der Waals surface area contributed by atoms with Crippen molar-refractivity contribution < 1.29 is 9.32 Å². The van der Waals surface area contributed by atoms with Crippen LogP contribution in [0.25, 0.3) is 0 Å². The lowest BCUT2D eigenvalue weighted by atomic mass is 10.1. The van der Waals surface area contributed by atoms with Gasteiger partial charge in [0.05, 0.1) is 17.3 Å². The van der Waals surface area contributed by atoms with Gasteiger partial charge in [-0.05, 0) is 38.5 Å². The lowest BCUT2D eigenvalue weighted by molar-refractivity contribution is -0.116. The maximum Gasteiger partial charge on any atom is 0.224 e. The van der Waals surface area contributed by atoms with Gasteiger partial charge in [-0.1, -0.05) is 11.2 Å². The van der Waals surface area contributed by atoms with Crippen LogP contribution in [-0.4, -0.2) is 11.1 Å². The fourth-order valence-corrected chi connectivity index (χ4v) is 1.99. The minimum absolute atomic E-state index is 0.0971. The van der Waals surface area contributed by atoms with E-state index in [2.05, 4.69) is 10.5 Å². The summed E-state index contributed by atoms with van der Waals surface area (Å²) in [5, 5.41) is 15.4. The number of aryl methyl sites for hydroxylation is 2. The summed E-state index contributed by atoms with van der Waals surface area (Å²) in [6, 6.07) is 8.88. The number of amides is 1. The SMILES string of the molecule is Cc1noc(C)c1CCC(=O)Nc1cccc(C#N)c1. The zero-order valence-electron chi connectivity index (χ0n) is 11.4. The average Bonchev–Trinajstić information content (AvgIpc) is 2.76. The van der Waals surface area contributed by atoms with Gasteiger partial charge in [0.2, 0.25) is 5.91 Å². The minimum atomic E-state index is -0.0971. The number of nitriles is 1. The summed E-state index contributed by atoms with van der Waals surface area (Å²) >= 11 is 0. The van der Waals surface area contributed by atoms with Crippen molar-refractivity contribution in [2.24, 2.45) is 0 Å². The van der Waals surface area contributed by atoms with Crippen molar-refractivity contribution in [3.63, 3.8) is 0 Å². The van der Waals surface area contributed by atoms with Crippen LogP contribution in [0.2, 0.25) is 0 Å². The van der Waals surface area contributed by atoms with E-state index in [1.165, 1.54) is 0 Å². The Bertz CT molecular complexity index is 648. The van der Waals surface area contributed by atoms with Crippen LogP contribution in [0.1, 0.15) is 29.0 Å². The Hall–Kier alpha value is -2.61. The lowest BCUT2D eigenvalue weighted by Crippen LogP contribution is -2.12. The molecule has 2 aromatic rings. The summed E-state index contributed by atoms with van der Waals surface area (Å²) in [6.07, 6.45) is 0.935. The van der Waals surface area contributed by atoms with E-state index in [1.807, 2.05) is 19.9 Å². The molecule has 1 amide bonds. The van der Waals surface area contributed by atoms with E-state index in [0.29, 0.717) is 24.1 Å². The summed E-state index contributed by atoms with van der Waals surface area (Å²) in [6.45, 7) is 3.70. The summed E-state index contributed by atoms with van der Waals surface area (Å²) in [7, 11) is 0. The molecule has 0 aliphatic carbocycles. The number of hydrogen-bond donors (Lipinski definition) is 1. The zero-order valence-corrected chi connectivity index (χ0v) is 11.4. The van der Waals surface area contributed by atoms with Gasteiger partial charge in [0.15, 0.2) is 0 Å². The second kappa shape index (κ2) is 6.02. The molecule has 1 aromatic heterocycles. The number of nitrogens with one attached hydrogen (secondary N) is 1. The van der Waals surface area contributed by atoms with Gasteiger partial charge in [0, 0.05) is 17.7 Å². The van der Waals surface area contributed by atoms with E-state index in [1.54, 1.807) is 24.3 Å². The zero-order chi connectivity index (χ0) is 14.5. The molecule has 0 fully saturated rings. The average molecular weight is 269 g/mol. The number of rotatable bonds is 4. The molecule has 0 saturated heterocycles. The van der Waals surface area contributed by atoms with Crippen molar-refractivity contribution in [3.8, 4) is 6.07 Å². The van der Waals surface area contributed by atoms with Gasteiger partial charge in [0.25, 0.3) is 0 Å². The molecule has 1 heterocycles. The highest BCUT2D eigenvalue weighted by Crippen LogP contribution is 2.15. The first kappa shape index (κ1) is 13.8. The van der Waals surface area contributed by atoms with Crippen LogP contribution in [0.3, 0.4) is 0 Å². The smallest absolute Gasteiger partial charge is 0.224 e. The van der Waals surface area contributed by atoms with Gasteiger partial charge in [-0.15, -0.1) is 0 Å². The monoisotopic (exact) mass is 269 g/mol. The highest BCUT2D eigenvalue weighted by atomic mass is 16.5. The molecule has 0 saturated carbocycles. The van der Waals surface area contributed by atoms with Gasteiger partial charge in [-0.2, -0.15) is 5.26 Å². The molecule has 0 aliphatic rings. The van der Waals surface area contributed by atoms with E-state index in [0.717, 1.165) is 17.0 Å². The minimum Gasteiger partial charge on any atom is -0.361 e. The van der Waals surface area contributed by atoms with Gasteiger partial charge >= 0.3 is 0 Å². The molecule has 0 radical (unpaired) electrons. The third kappa shape index (κ3) is 3.23. The van der Waals surface area contributed by atoms with E-state index < -0.39 is 0 Å². The van der Waals surface area contributed by atoms with Crippen LogP contribution >= 0.6 is 0 Å². The molecule has 1 N–H and O–H groups in total. The van der Waals surface area contributed by atoms with Gasteiger partial charge in [-0.25, -0.2) is 0 Å². The molecule has 1 aromatic carbocycles. The van der Waals surface area contributed by atoms with Gasteiger partial charge in [-0.3, -0.25) is 4.79 Å². The fourth-order valence-electron chi connectivity index (χ4n) is 1.99. The van der Waals surface area contributed by atoms with Crippen LogP contribution < -0.4 is 5.32 Å². The second-order valence-electron chi connectivity index (χ2n) is 4.54. The Morgan fingerprint density at radius 3 is 2.90 bits per heavy atom. The Morgan fingerprint density at radius 1 is 1.45 bits per heavy atom. The molecule has 5 heteroatoms. The van der Waals surface area contributed by atoms with E-state index in [4.69, 9.17) is 9.78 Å². The predicted molar refractivity (Wildman–Crippen MR) is 74.1 cm³/mol. The predicted octanol–water partition coefficient (Wildman–Crippen LogP) is 2.73. The number of carbonyl (C=O) groups excluding carboxylic acids is 1. The van der Waals surface area contributed by atoms with Crippen LogP contribution in [-0.2, 0) is 11.2 Å². The van der Waals surface area contributed by atoms with E-state index in [-0.39, 0.29) is 5.91 Å². The lowest BCUT2D eigenvalue weighted by Gasteiger charge is -2.05. The van der Waals surface area contributed by atoms with Crippen molar-refractivity contribution in [1.29, 1.82) is 5.26 Å². The second-order valence-corrected chi connectivity index (χ2v) is 4.54. The summed E-state index contributed by atoms with van der Waals surface area (Å²) in [5.41, 5.74) is 2.95. The third-order valence-corrected chi connectivity index (χ3v) is 3.06. The first-order chi connectivity index (χ1) is 9.60. The van der Waals surface area contributed by atoms with Crippen molar-refractivity contribution in [1.82, 2.24) is 5.16 Å². The highest BCUT2D eigenvalue weighted by molar-refractivity contribution is 5.91. The number of benzene rings is 1.